The van der Waals surface area contributed by atoms with Crippen LogP contribution in [-0.4, -0.2) is 11.6 Å². The fourth-order valence-corrected chi connectivity index (χ4v) is 1.20. The van der Waals surface area contributed by atoms with Crippen LogP contribution in [0.4, 0.5) is 0 Å². The number of pyridine rings is 1. The number of hydrogen-bond donors (Lipinski definition) is 0. The molecule has 0 aliphatic rings. The van der Waals surface area contributed by atoms with Gasteiger partial charge in [0.1, 0.15) is 5.15 Å². The number of rotatable bonds is 5. The summed E-state index contributed by atoms with van der Waals surface area (Å²) in [6, 6.07) is 3.80. The summed E-state index contributed by atoms with van der Waals surface area (Å²) in [4.78, 5) is 3.98. The Bertz CT molecular complexity index is 276. The lowest BCUT2D eigenvalue weighted by molar-refractivity contribution is 0.110. The van der Waals surface area contributed by atoms with Gasteiger partial charge >= 0.3 is 0 Å². The van der Waals surface area contributed by atoms with E-state index in [9.17, 15) is 0 Å². The Morgan fingerprint density at radius 1 is 1.50 bits per heavy atom. The molecule has 2 nitrogen and oxygen atoms in total. The lowest BCUT2D eigenvalue weighted by Gasteiger charge is -2.06. The second-order valence-electron chi connectivity index (χ2n) is 3.69. The third kappa shape index (κ3) is 4.07. The van der Waals surface area contributed by atoms with E-state index in [-0.39, 0.29) is 0 Å². The van der Waals surface area contributed by atoms with Gasteiger partial charge in [-0.2, -0.15) is 0 Å². The lowest BCUT2D eigenvalue weighted by atomic mass is 10.1. The Kier molecular flexibility index (Phi) is 4.91. The first-order valence-corrected chi connectivity index (χ1v) is 5.25. The first kappa shape index (κ1) is 11.5. The maximum atomic E-state index is 5.87. The molecule has 1 rings (SSSR count). The van der Waals surface area contributed by atoms with E-state index in [0.29, 0.717) is 17.7 Å². The summed E-state index contributed by atoms with van der Waals surface area (Å²) >= 11 is 5.87. The van der Waals surface area contributed by atoms with Crippen molar-refractivity contribution in [1.82, 2.24) is 4.98 Å². The molecule has 0 radical (unpaired) electrons. The van der Waals surface area contributed by atoms with Gasteiger partial charge in [0.25, 0.3) is 0 Å². The van der Waals surface area contributed by atoms with Crippen molar-refractivity contribution in [3.05, 3.63) is 29.0 Å². The lowest BCUT2D eigenvalue weighted by Crippen LogP contribution is -2.00. The topological polar surface area (TPSA) is 22.1 Å². The van der Waals surface area contributed by atoms with E-state index in [2.05, 4.69) is 18.8 Å². The monoisotopic (exact) mass is 213 g/mol. The van der Waals surface area contributed by atoms with E-state index < -0.39 is 0 Å². The van der Waals surface area contributed by atoms with E-state index in [0.717, 1.165) is 18.6 Å². The van der Waals surface area contributed by atoms with Crippen LogP contribution in [0.5, 0.6) is 0 Å². The summed E-state index contributed by atoms with van der Waals surface area (Å²) in [6.07, 6.45) is 2.76. The predicted octanol–water partition coefficient (Wildman–Crippen LogP) is 3.30. The van der Waals surface area contributed by atoms with Crippen LogP contribution < -0.4 is 0 Å². The standard InChI is InChI=1S/C11H16ClNO/c1-9(2)5-7-14-8-10-4-3-6-13-11(10)12/h3-4,6,9H,5,7-8H2,1-2H3. The van der Waals surface area contributed by atoms with Gasteiger partial charge in [0.15, 0.2) is 0 Å². The molecule has 0 atom stereocenters. The van der Waals surface area contributed by atoms with Gasteiger partial charge in [0.2, 0.25) is 0 Å². The van der Waals surface area contributed by atoms with Crippen LogP contribution in [0.3, 0.4) is 0 Å². The van der Waals surface area contributed by atoms with Crippen LogP contribution >= 0.6 is 11.6 Å². The molecular formula is C11H16ClNO. The summed E-state index contributed by atoms with van der Waals surface area (Å²) in [5.41, 5.74) is 0.956. The molecule has 0 amide bonds. The highest BCUT2D eigenvalue weighted by molar-refractivity contribution is 6.30. The number of ether oxygens (including phenoxy) is 1. The van der Waals surface area contributed by atoms with Crippen molar-refractivity contribution >= 4 is 11.6 Å². The molecule has 0 spiro atoms. The Labute approximate surface area is 90.3 Å². The van der Waals surface area contributed by atoms with Gasteiger partial charge in [0, 0.05) is 18.4 Å². The van der Waals surface area contributed by atoms with Crippen molar-refractivity contribution in [3.8, 4) is 0 Å². The number of aromatic nitrogens is 1. The van der Waals surface area contributed by atoms with Crippen molar-refractivity contribution in [3.63, 3.8) is 0 Å². The average Bonchev–Trinajstić information content (AvgIpc) is 2.15. The summed E-state index contributed by atoms with van der Waals surface area (Å²) < 4.78 is 5.49. The molecule has 1 aromatic heterocycles. The number of hydrogen-bond acceptors (Lipinski definition) is 2. The highest BCUT2D eigenvalue weighted by Crippen LogP contribution is 2.12. The first-order valence-electron chi connectivity index (χ1n) is 4.87. The van der Waals surface area contributed by atoms with E-state index in [1.807, 2.05) is 12.1 Å². The normalized spacial score (nSPS) is 10.9. The second kappa shape index (κ2) is 5.99. The van der Waals surface area contributed by atoms with Crippen LogP contribution in [0, 0.1) is 5.92 Å². The van der Waals surface area contributed by atoms with Crippen molar-refractivity contribution in [2.75, 3.05) is 6.61 Å². The summed E-state index contributed by atoms with van der Waals surface area (Å²) in [5, 5.41) is 0.539. The second-order valence-corrected chi connectivity index (χ2v) is 4.05. The van der Waals surface area contributed by atoms with Crippen molar-refractivity contribution in [2.24, 2.45) is 5.92 Å². The van der Waals surface area contributed by atoms with Gasteiger partial charge in [-0.25, -0.2) is 4.98 Å². The third-order valence-corrected chi connectivity index (χ3v) is 2.27. The molecule has 0 aliphatic carbocycles. The zero-order chi connectivity index (χ0) is 10.4. The highest BCUT2D eigenvalue weighted by Gasteiger charge is 2.00. The largest absolute Gasteiger partial charge is 0.377 e. The first-order chi connectivity index (χ1) is 6.70. The molecule has 0 unspecified atom stereocenters. The van der Waals surface area contributed by atoms with Crippen LogP contribution in [0.1, 0.15) is 25.8 Å². The molecule has 0 saturated heterocycles. The fraction of sp³-hybridized carbons (Fsp3) is 0.545. The van der Waals surface area contributed by atoms with Crippen LogP contribution in [0.15, 0.2) is 18.3 Å². The van der Waals surface area contributed by atoms with Crippen molar-refractivity contribution < 1.29 is 4.74 Å². The van der Waals surface area contributed by atoms with Gasteiger partial charge in [-0.15, -0.1) is 0 Å². The number of halogens is 1. The average molecular weight is 214 g/mol. The van der Waals surface area contributed by atoms with Crippen LogP contribution in [0.25, 0.3) is 0 Å². The minimum absolute atomic E-state index is 0.539. The SMILES string of the molecule is CC(C)CCOCc1cccnc1Cl. The van der Waals surface area contributed by atoms with Crippen LogP contribution in [-0.2, 0) is 11.3 Å². The molecular weight excluding hydrogens is 198 g/mol. The molecule has 0 fully saturated rings. The zero-order valence-electron chi connectivity index (χ0n) is 8.66. The van der Waals surface area contributed by atoms with Gasteiger partial charge in [-0.3, -0.25) is 0 Å². The number of nitrogens with zero attached hydrogens (tertiary/aromatic N) is 1. The van der Waals surface area contributed by atoms with Gasteiger partial charge < -0.3 is 4.74 Å². The molecule has 3 heteroatoms. The summed E-state index contributed by atoms with van der Waals surface area (Å²) in [5.74, 6) is 0.680. The van der Waals surface area contributed by atoms with E-state index in [1.54, 1.807) is 6.20 Å². The minimum atomic E-state index is 0.539. The molecule has 14 heavy (non-hydrogen) atoms. The quantitative estimate of drug-likeness (QED) is 0.553. The molecule has 0 aromatic carbocycles. The molecule has 1 aromatic rings. The Morgan fingerprint density at radius 2 is 2.29 bits per heavy atom. The predicted molar refractivity (Wildman–Crippen MR) is 58.4 cm³/mol. The van der Waals surface area contributed by atoms with E-state index in [1.165, 1.54) is 0 Å². The van der Waals surface area contributed by atoms with Crippen molar-refractivity contribution in [1.29, 1.82) is 0 Å². The summed E-state index contributed by atoms with van der Waals surface area (Å²) in [6.45, 7) is 5.70. The molecule has 0 aliphatic heterocycles. The maximum absolute atomic E-state index is 5.87. The molecule has 0 N–H and O–H groups in total. The minimum Gasteiger partial charge on any atom is -0.377 e. The highest BCUT2D eigenvalue weighted by atomic mass is 35.5. The molecule has 1 heterocycles. The van der Waals surface area contributed by atoms with E-state index >= 15 is 0 Å². The Morgan fingerprint density at radius 3 is 2.93 bits per heavy atom. The molecule has 0 bridgehead atoms. The molecule has 0 saturated carbocycles. The van der Waals surface area contributed by atoms with Gasteiger partial charge in [-0.1, -0.05) is 31.5 Å². The van der Waals surface area contributed by atoms with Crippen molar-refractivity contribution in [2.45, 2.75) is 26.9 Å². The fourth-order valence-electron chi connectivity index (χ4n) is 1.03. The smallest absolute Gasteiger partial charge is 0.134 e. The Balaban J connectivity index is 2.28. The Hall–Kier alpha value is -0.600. The zero-order valence-corrected chi connectivity index (χ0v) is 9.42. The summed E-state index contributed by atoms with van der Waals surface area (Å²) in [7, 11) is 0. The molecule has 78 valence electrons. The van der Waals surface area contributed by atoms with Gasteiger partial charge in [-0.05, 0) is 18.4 Å². The van der Waals surface area contributed by atoms with E-state index in [4.69, 9.17) is 16.3 Å². The van der Waals surface area contributed by atoms with Crippen LogP contribution in [0.2, 0.25) is 5.15 Å². The maximum Gasteiger partial charge on any atom is 0.134 e. The van der Waals surface area contributed by atoms with Gasteiger partial charge in [0.05, 0.1) is 6.61 Å². The third-order valence-electron chi connectivity index (χ3n) is 1.93.